The average molecular weight is 283 g/mol. The summed E-state index contributed by atoms with van der Waals surface area (Å²) in [5, 5.41) is 9.00. The Labute approximate surface area is 121 Å². The van der Waals surface area contributed by atoms with Gasteiger partial charge >= 0.3 is 0 Å². The highest BCUT2D eigenvalue weighted by molar-refractivity contribution is 6.19. The first kappa shape index (κ1) is 16.3. The monoisotopic (exact) mass is 282 g/mol. The van der Waals surface area contributed by atoms with E-state index in [9.17, 15) is 0 Å². The van der Waals surface area contributed by atoms with Crippen molar-refractivity contribution in [3.63, 3.8) is 0 Å². The predicted molar refractivity (Wildman–Crippen MR) is 80.2 cm³/mol. The van der Waals surface area contributed by atoms with Gasteiger partial charge in [-0.2, -0.15) is 0 Å². The van der Waals surface area contributed by atoms with Gasteiger partial charge < -0.3 is 9.84 Å². The molecule has 0 saturated heterocycles. The van der Waals surface area contributed by atoms with Gasteiger partial charge in [0, 0.05) is 6.42 Å². The number of aliphatic hydroxyl groups excluding tert-OH is 1. The Morgan fingerprint density at radius 3 is 2.95 bits per heavy atom. The second kappa shape index (κ2) is 9.20. The fourth-order valence-electron chi connectivity index (χ4n) is 2.10. The molecule has 0 aromatic carbocycles. The maximum atomic E-state index is 9.00. The van der Waals surface area contributed by atoms with E-state index in [1.807, 2.05) is 13.0 Å². The number of rotatable bonds is 6. The summed E-state index contributed by atoms with van der Waals surface area (Å²) in [4.78, 5) is 0. The molecule has 1 heterocycles. The number of hydrogen-bond acceptors (Lipinski definition) is 2. The minimum Gasteiger partial charge on any atom is -0.392 e. The standard InChI is InChI=1S/C16H23ClO2/c1-13(12-18)10-15-11-14(2)16(19-15)8-6-4-3-5-7-9-17/h10-11,15-16,18H,3-4,6,8-9,12H2,1-2H3/b13-10+/t15-,16+/m0/s1. The van der Waals surface area contributed by atoms with Gasteiger partial charge in [0.15, 0.2) is 0 Å². The first-order valence-corrected chi connectivity index (χ1v) is 7.34. The van der Waals surface area contributed by atoms with Crippen molar-refractivity contribution in [2.75, 3.05) is 12.5 Å². The molecule has 0 radical (unpaired) electrons. The summed E-state index contributed by atoms with van der Waals surface area (Å²) in [5.74, 6) is 6.32. The van der Waals surface area contributed by atoms with Crippen molar-refractivity contribution in [3.05, 3.63) is 23.3 Å². The van der Waals surface area contributed by atoms with E-state index in [2.05, 4.69) is 24.8 Å². The summed E-state index contributed by atoms with van der Waals surface area (Å²) < 4.78 is 5.94. The SMILES string of the molecule is CC1=C[C@H](/C=C(\C)CO)O[C@@H]1CCCCC#CCCl. The second-order valence-electron chi connectivity index (χ2n) is 4.90. The molecule has 0 fully saturated rings. The van der Waals surface area contributed by atoms with Crippen LogP contribution in [0.4, 0.5) is 0 Å². The highest BCUT2D eigenvalue weighted by Crippen LogP contribution is 2.25. The Morgan fingerprint density at radius 2 is 2.26 bits per heavy atom. The van der Waals surface area contributed by atoms with Crippen molar-refractivity contribution in [1.82, 2.24) is 0 Å². The van der Waals surface area contributed by atoms with Crippen LogP contribution < -0.4 is 0 Å². The number of ether oxygens (including phenoxy) is 1. The summed E-state index contributed by atoms with van der Waals surface area (Å²) in [5.41, 5.74) is 2.24. The van der Waals surface area contributed by atoms with Crippen LogP contribution in [0.3, 0.4) is 0 Å². The van der Waals surface area contributed by atoms with Crippen molar-refractivity contribution >= 4 is 11.6 Å². The van der Waals surface area contributed by atoms with Crippen LogP contribution in [0.1, 0.15) is 39.5 Å². The topological polar surface area (TPSA) is 29.5 Å². The van der Waals surface area contributed by atoms with Crippen LogP contribution in [-0.4, -0.2) is 29.8 Å². The van der Waals surface area contributed by atoms with E-state index in [1.54, 1.807) is 0 Å². The Kier molecular flexibility index (Phi) is 7.90. The summed E-state index contributed by atoms with van der Waals surface area (Å²) >= 11 is 5.48. The Bertz CT molecular complexity index is 387. The molecule has 1 rings (SSSR count). The third-order valence-corrected chi connectivity index (χ3v) is 3.30. The Morgan fingerprint density at radius 1 is 1.47 bits per heavy atom. The van der Waals surface area contributed by atoms with Gasteiger partial charge in [0.25, 0.3) is 0 Å². The molecular formula is C16H23ClO2. The van der Waals surface area contributed by atoms with Gasteiger partial charge in [-0.15, -0.1) is 17.5 Å². The van der Waals surface area contributed by atoms with Gasteiger partial charge in [-0.1, -0.05) is 18.1 Å². The maximum absolute atomic E-state index is 9.00. The molecule has 1 aliphatic rings. The van der Waals surface area contributed by atoms with Crippen molar-refractivity contribution in [2.24, 2.45) is 0 Å². The largest absolute Gasteiger partial charge is 0.392 e. The van der Waals surface area contributed by atoms with Crippen LogP contribution in [0.5, 0.6) is 0 Å². The van der Waals surface area contributed by atoms with Gasteiger partial charge in [-0.05, 0) is 44.3 Å². The van der Waals surface area contributed by atoms with Gasteiger partial charge in [-0.3, -0.25) is 0 Å². The van der Waals surface area contributed by atoms with E-state index in [1.165, 1.54) is 5.57 Å². The van der Waals surface area contributed by atoms with Crippen LogP contribution in [0, 0.1) is 11.8 Å². The van der Waals surface area contributed by atoms with E-state index < -0.39 is 0 Å². The van der Waals surface area contributed by atoms with Crippen LogP contribution in [-0.2, 0) is 4.74 Å². The van der Waals surface area contributed by atoms with Crippen LogP contribution in [0.2, 0.25) is 0 Å². The molecule has 2 nitrogen and oxygen atoms in total. The zero-order valence-electron chi connectivity index (χ0n) is 11.8. The van der Waals surface area contributed by atoms with Crippen LogP contribution in [0.25, 0.3) is 0 Å². The summed E-state index contributed by atoms with van der Waals surface area (Å²) in [6, 6.07) is 0. The van der Waals surface area contributed by atoms with Crippen molar-refractivity contribution < 1.29 is 9.84 Å². The molecule has 0 aromatic heterocycles. The van der Waals surface area contributed by atoms with E-state index in [0.717, 1.165) is 31.3 Å². The predicted octanol–water partition coefficient (Wildman–Crippen LogP) is 3.44. The molecule has 0 aliphatic carbocycles. The van der Waals surface area contributed by atoms with Gasteiger partial charge in [-0.25, -0.2) is 0 Å². The number of aliphatic hydroxyl groups is 1. The van der Waals surface area contributed by atoms with Crippen LogP contribution in [0.15, 0.2) is 23.3 Å². The lowest BCUT2D eigenvalue weighted by Gasteiger charge is -2.14. The molecule has 2 atom stereocenters. The Balaban J connectivity index is 2.28. The quantitative estimate of drug-likeness (QED) is 0.350. The average Bonchev–Trinajstić information content (AvgIpc) is 2.73. The molecule has 3 heteroatoms. The highest BCUT2D eigenvalue weighted by Gasteiger charge is 2.22. The van der Waals surface area contributed by atoms with E-state index in [0.29, 0.717) is 5.88 Å². The summed E-state index contributed by atoms with van der Waals surface area (Å²) in [6.07, 6.45) is 8.51. The van der Waals surface area contributed by atoms with E-state index >= 15 is 0 Å². The van der Waals surface area contributed by atoms with E-state index in [-0.39, 0.29) is 18.8 Å². The van der Waals surface area contributed by atoms with Crippen molar-refractivity contribution in [2.45, 2.75) is 51.7 Å². The molecule has 0 aromatic rings. The number of alkyl halides is 1. The lowest BCUT2D eigenvalue weighted by atomic mass is 10.1. The zero-order chi connectivity index (χ0) is 14.1. The molecule has 0 saturated carbocycles. The molecule has 0 spiro atoms. The molecule has 0 amide bonds. The number of unbranched alkanes of at least 4 members (excludes halogenated alkanes) is 2. The first-order chi connectivity index (χ1) is 9.17. The normalized spacial score (nSPS) is 22.9. The molecule has 1 aliphatic heterocycles. The van der Waals surface area contributed by atoms with Gasteiger partial charge in [0.1, 0.15) is 0 Å². The third kappa shape index (κ3) is 6.29. The molecule has 1 N–H and O–H groups in total. The first-order valence-electron chi connectivity index (χ1n) is 6.81. The molecule has 19 heavy (non-hydrogen) atoms. The van der Waals surface area contributed by atoms with E-state index in [4.69, 9.17) is 21.4 Å². The highest BCUT2D eigenvalue weighted by atomic mass is 35.5. The Hall–Kier alpha value is -0.750. The molecule has 0 unspecified atom stereocenters. The van der Waals surface area contributed by atoms with Crippen molar-refractivity contribution in [3.8, 4) is 11.8 Å². The smallest absolute Gasteiger partial charge is 0.0952 e. The molecule has 106 valence electrons. The minimum absolute atomic E-state index is 0.0215. The summed E-state index contributed by atoms with van der Waals surface area (Å²) in [6.45, 7) is 4.12. The second-order valence-corrected chi connectivity index (χ2v) is 5.17. The lowest BCUT2D eigenvalue weighted by Crippen LogP contribution is -2.13. The third-order valence-electron chi connectivity index (χ3n) is 3.16. The lowest BCUT2D eigenvalue weighted by molar-refractivity contribution is 0.0741. The molecular weight excluding hydrogens is 260 g/mol. The van der Waals surface area contributed by atoms with Crippen LogP contribution >= 0.6 is 11.6 Å². The van der Waals surface area contributed by atoms with Gasteiger partial charge in [0.2, 0.25) is 0 Å². The minimum atomic E-state index is 0.0215. The number of hydrogen-bond donors (Lipinski definition) is 1. The van der Waals surface area contributed by atoms with Crippen molar-refractivity contribution in [1.29, 1.82) is 0 Å². The fourth-order valence-corrected chi connectivity index (χ4v) is 2.19. The number of halogens is 1. The zero-order valence-corrected chi connectivity index (χ0v) is 12.5. The molecule has 0 bridgehead atoms. The summed E-state index contributed by atoms with van der Waals surface area (Å²) in [7, 11) is 0. The fraction of sp³-hybridized carbons (Fsp3) is 0.625. The maximum Gasteiger partial charge on any atom is 0.0952 e. The van der Waals surface area contributed by atoms with Gasteiger partial charge in [0.05, 0.1) is 24.7 Å².